The van der Waals surface area contributed by atoms with Crippen molar-refractivity contribution in [2.24, 2.45) is 0 Å². The third-order valence-corrected chi connectivity index (χ3v) is 8.38. The molecule has 5 nitrogen and oxygen atoms in total. The van der Waals surface area contributed by atoms with Gasteiger partial charge < -0.3 is 9.84 Å². The van der Waals surface area contributed by atoms with Gasteiger partial charge in [-0.05, 0) is 65.8 Å². The van der Waals surface area contributed by atoms with Crippen LogP contribution < -0.4 is 0 Å². The number of fused-ring (bicyclic) bond motifs is 1. The van der Waals surface area contributed by atoms with Crippen LogP contribution in [0.4, 0.5) is 0 Å². The number of carboxylic acids is 1. The first-order valence-electron chi connectivity index (χ1n) is 11.3. The van der Waals surface area contributed by atoms with Gasteiger partial charge in [-0.2, -0.15) is 0 Å². The molecule has 0 aliphatic carbocycles. The Hall–Kier alpha value is -2.48. The van der Waals surface area contributed by atoms with Crippen LogP contribution in [-0.2, 0) is 14.3 Å². The molecule has 2 aromatic carbocycles. The van der Waals surface area contributed by atoms with Crippen LogP contribution in [0.2, 0.25) is 5.02 Å². The number of ether oxygens (including phenoxy) is 1. The van der Waals surface area contributed by atoms with Crippen LogP contribution in [0, 0.1) is 0 Å². The van der Waals surface area contributed by atoms with Crippen molar-refractivity contribution in [2.45, 2.75) is 30.3 Å². The lowest BCUT2D eigenvalue weighted by Gasteiger charge is -2.17. The predicted octanol–water partition coefficient (Wildman–Crippen LogP) is 7.34. The van der Waals surface area contributed by atoms with E-state index in [1.165, 1.54) is 7.11 Å². The van der Waals surface area contributed by atoms with Crippen LogP contribution in [0.15, 0.2) is 54.6 Å². The summed E-state index contributed by atoms with van der Waals surface area (Å²) in [7, 11) is 1.40. The van der Waals surface area contributed by atoms with Gasteiger partial charge in [-0.3, -0.25) is 9.59 Å². The number of esters is 1. The molecule has 3 rings (SSSR count). The van der Waals surface area contributed by atoms with Crippen molar-refractivity contribution in [2.75, 3.05) is 18.6 Å². The van der Waals surface area contributed by atoms with E-state index in [1.807, 2.05) is 54.6 Å². The normalized spacial score (nSPS) is 12.2. The zero-order valence-corrected chi connectivity index (χ0v) is 21.9. The van der Waals surface area contributed by atoms with Gasteiger partial charge in [0, 0.05) is 23.3 Å². The highest BCUT2D eigenvalue weighted by Crippen LogP contribution is 2.40. The highest BCUT2D eigenvalue weighted by Gasteiger charge is 2.14. The Morgan fingerprint density at radius 3 is 2.51 bits per heavy atom. The summed E-state index contributed by atoms with van der Waals surface area (Å²) in [6, 6.07) is 18.0. The third-order valence-electron chi connectivity index (χ3n) is 5.13. The molecule has 0 aliphatic rings. The van der Waals surface area contributed by atoms with Crippen molar-refractivity contribution in [1.82, 2.24) is 4.98 Å². The van der Waals surface area contributed by atoms with Gasteiger partial charge in [-0.25, -0.2) is 4.98 Å². The van der Waals surface area contributed by atoms with Crippen molar-refractivity contribution >= 4 is 70.1 Å². The van der Waals surface area contributed by atoms with E-state index in [-0.39, 0.29) is 17.0 Å². The molecule has 0 saturated heterocycles. The van der Waals surface area contributed by atoms with E-state index in [2.05, 4.69) is 17.1 Å². The molecular formula is C27H28ClNO4S2. The second-order valence-electron chi connectivity index (χ2n) is 7.83. The molecule has 1 atom stereocenters. The number of nitrogens with zero attached hydrogens (tertiary/aromatic N) is 1. The molecule has 1 N–H and O–H groups in total. The maximum Gasteiger partial charge on any atom is 0.305 e. The van der Waals surface area contributed by atoms with Crippen LogP contribution in [0.5, 0.6) is 0 Å². The zero-order valence-electron chi connectivity index (χ0n) is 19.5. The predicted molar refractivity (Wildman–Crippen MR) is 148 cm³/mol. The average Bonchev–Trinajstić information content (AvgIpc) is 2.86. The molecule has 0 bridgehead atoms. The zero-order chi connectivity index (χ0) is 25.0. The number of hydrogen-bond acceptors (Lipinski definition) is 6. The first-order chi connectivity index (χ1) is 16.9. The fourth-order valence-electron chi connectivity index (χ4n) is 3.35. The summed E-state index contributed by atoms with van der Waals surface area (Å²) in [5.41, 5.74) is 3.92. The number of aromatic nitrogens is 1. The summed E-state index contributed by atoms with van der Waals surface area (Å²) in [6.45, 7) is 0. The second-order valence-corrected chi connectivity index (χ2v) is 11.0. The summed E-state index contributed by atoms with van der Waals surface area (Å²) >= 11 is 9.62. The van der Waals surface area contributed by atoms with E-state index in [0.717, 1.165) is 45.7 Å². The molecule has 184 valence electrons. The van der Waals surface area contributed by atoms with E-state index in [0.29, 0.717) is 17.9 Å². The maximum absolute atomic E-state index is 11.4. The summed E-state index contributed by atoms with van der Waals surface area (Å²) < 4.78 is 4.87. The van der Waals surface area contributed by atoms with Crippen LogP contribution in [-0.4, -0.2) is 40.6 Å². The van der Waals surface area contributed by atoms with E-state index in [4.69, 9.17) is 21.4 Å². The largest absolute Gasteiger partial charge is 0.481 e. The minimum Gasteiger partial charge on any atom is -0.481 e. The highest BCUT2D eigenvalue weighted by atomic mass is 35.5. The number of rotatable bonds is 13. The van der Waals surface area contributed by atoms with Crippen molar-refractivity contribution in [3.8, 4) is 0 Å². The van der Waals surface area contributed by atoms with Crippen molar-refractivity contribution in [3.05, 3.63) is 76.4 Å². The van der Waals surface area contributed by atoms with E-state index < -0.39 is 5.97 Å². The first kappa shape index (κ1) is 27.1. The summed E-state index contributed by atoms with van der Waals surface area (Å²) in [4.78, 5) is 27.0. The lowest BCUT2D eigenvalue weighted by molar-refractivity contribution is -0.140. The van der Waals surface area contributed by atoms with Gasteiger partial charge >= 0.3 is 11.9 Å². The Kier molecular flexibility index (Phi) is 11.0. The molecule has 0 amide bonds. The SMILES string of the molecule is COC(=O)CCCS[C@H](SCCCC(=O)O)c1cccc(/C=C/c2ccc3ccc(Cl)cc3n2)c1. The lowest BCUT2D eigenvalue weighted by atomic mass is 10.1. The fraction of sp³-hybridized carbons (Fsp3) is 0.296. The summed E-state index contributed by atoms with van der Waals surface area (Å²) in [5, 5.41) is 10.6. The Balaban J connectivity index is 1.70. The topological polar surface area (TPSA) is 76.5 Å². The number of halogens is 1. The van der Waals surface area contributed by atoms with Gasteiger partial charge in [-0.1, -0.05) is 48.0 Å². The highest BCUT2D eigenvalue weighted by molar-refractivity contribution is 8.16. The van der Waals surface area contributed by atoms with Crippen LogP contribution >= 0.6 is 35.1 Å². The molecular weight excluding hydrogens is 502 g/mol. The molecule has 1 aromatic heterocycles. The Bertz CT molecular complexity index is 1180. The Labute approximate surface area is 219 Å². The standard InChI is InChI=1S/C27H28ClNO4S2/c1-33-26(32)8-4-16-35-27(34-15-3-7-25(30)31)21-6-2-5-19(17-21)9-13-23-14-11-20-10-12-22(28)18-24(20)29-23/h2,5-6,9-14,17-18,27H,3-4,7-8,15-16H2,1H3,(H,30,31)/b13-9+/t27-/m0/s1. The molecule has 0 saturated carbocycles. The van der Waals surface area contributed by atoms with E-state index in [9.17, 15) is 9.59 Å². The molecule has 0 spiro atoms. The number of thioether (sulfide) groups is 2. The summed E-state index contributed by atoms with van der Waals surface area (Å²) in [6.07, 6.45) is 5.94. The Morgan fingerprint density at radius 2 is 1.77 bits per heavy atom. The second kappa shape index (κ2) is 14.2. The van der Waals surface area contributed by atoms with Gasteiger partial charge in [0.1, 0.15) is 0 Å². The quantitative estimate of drug-likeness (QED) is 0.141. The first-order valence-corrected chi connectivity index (χ1v) is 13.8. The van der Waals surface area contributed by atoms with Crippen LogP contribution in [0.3, 0.4) is 0 Å². The number of carbonyl (C=O) groups excluding carboxylic acids is 1. The number of benzene rings is 2. The smallest absolute Gasteiger partial charge is 0.305 e. The Morgan fingerprint density at radius 1 is 1.03 bits per heavy atom. The lowest BCUT2D eigenvalue weighted by Crippen LogP contribution is -2.01. The van der Waals surface area contributed by atoms with Crippen LogP contribution in [0.1, 0.15) is 47.1 Å². The molecule has 8 heteroatoms. The molecule has 35 heavy (non-hydrogen) atoms. The third kappa shape index (κ3) is 9.24. The minimum atomic E-state index is -0.774. The minimum absolute atomic E-state index is 0.149. The number of pyridine rings is 1. The van der Waals surface area contributed by atoms with Gasteiger partial charge in [-0.15, -0.1) is 23.5 Å². The molecule has 3 aromatic rings. The molecule has 0 unspecified atom stereocenters. The summed E-state index contributed by atoms with van der Waals surface area (Å²) in [5.74, 6) is 0.595. The molecule has 0 radical (unpaired) electrons. The monoisotopic (exact) mass is 529 g/mol. The van der Waals surface area contributed by atoms with Crippen LogP contribution in [0.25, 0.3) is 23.1 Å². The van der Waals surface area contributed by atoms with Gasteiger partial charge in [0.15, 0.2) is 0 Å². The molecule has 0 fully saturated rings. The van der Waals surface area contributed by atoms with Gasteiger partial charge in [0.25, 0.3) is 0 Å². The van der Waals surface area contributed by atoms with Crippen molar-refractivity contribution in [1.29, 1.82) is 0 Å². The molecule has 1 heterocycles. The van der Waals surface area contributed by atoms with E-state index >= 15 is 0 Å². The van der Waals surface area contributed by atoms with Crippen molar-refractivity contribution in [3.63, 3.8) is 0 Å². The number of carboxylic acid groups (broad SMARTS) is 1. The van der Waals surface area contributed by atoms with Gasteiger partial charge in [0.2, 0.25) is 0 Å². The van der Waals surface area contributed by atoms with Crippen molar-refractivity contribution < 1.29 is 19.4 Å². The molecule has 0 aliphatic heterocycles. The number of methoxy groups -OCH3 is 1. The van der Waals surface area contributed by atoms with Gasteiger partial charge in [0.05, 0.1) is 22.9 Å². The number of carbonyl (C=O) groups is 2. The van der Waals surface area contributed by atoms with E-state index in [1.54, 1.807) is 23.5 Å². The maximum atomic E-state index is 11.4. The number of aliphatic carboxylic acids is 1. The number of hydrogen-bond donors (Lipinski definition) is 1. The fourth-order valence-corrected chi connectivity index (χ4v) is 6.21. The average molecular weight is 530 g/mol.